The molecular weight excluding hydrogens is 224 g/mol. The van der Waals surface area contributed by atoms with Crippen LogP contribution in [-0.4, -0.2) is 10.5 Å². The van der Waals surface area contributed by atoms with Crippen molar-refractivity contribution in [2.45, 2.75) is 95.0 Å². The molecule has 1 heterocycles. The molecule has 1 saturated heterocycles. The summed E-state index contributed by atoms with van der Waals surface area (Å²) in [5.74, 6) is 0. The summed E-state index contributed by atoms with van der Waals surface area (Å²) in [4.78, 5) is 0. The summed E-state index contributed by atoms with van der Waals surface area (Å²) in [6, 6.07) is 0. The molecule has 2 fully saturated rings. The SMILES string of the molecule is CCC1(C)CCCCCCCC2SC2CCC1. The van der Waals surface area contributed by atoms with Gasteiger partial charge in [-0.2, -0.15) is 11.8 Å². The molecule has 1 aliphatic heterocycles. The van der Waals surface area contributed by atoms with Gasteiger partial charge in [0, 0.05) is 10.5 Å². The molecule has 0 aromatic heterocycles. The van der Waals surface area contributed by atoms with E-state index in [0.717, 1.165) is 10.5 Å². The maximum Gasteiger partial charge on any atom is 0.0169 e. The Morgan fingerprint density at radius 3 is 2.24 bits per heavy atom. The number of hydrogen-bond donors (Lipinski definition) is 0. The van der Waals surface area contributed by atoms with E-state index in [-0.39, 0.29) is 0 Å². The molecule has 100 valence electrons. The normalized spacial score (nSPS) is 40.6. The molecule has 0 spiro atoms. The lowest BCUT2D eigenvalue weighted by molar-refractivity contribution is 0.243. The van der Waals surface area contributed by atoms with Crippen molar-refractivity contribution in [1.29, 1.82) is 0 Å². The first-order valence-corrected chi connectivity index (χ1v) is 8.83. The minimum absolute atomic E-state index is 0.656. The lowest BCUT2D eigenvalue weighted by atomic mass is 9.78. The molecule has 1 saturated carbocycles. The minimum atomic E-state index is 0.656. The molecule has 0 bridgehead atoms. The summed E-state index contributed by atoms with van der Waals surface area (Å²) in [7, 11) is 0. The van der Waals surface area contributed by atoms with E-state index in [2.05, 4.69) is 25.6 Å². The molecule has 0 aromatic rings. The Balaban J connectivity index is 1.80. The van der Waals surface area contributed by atoms with Crippen LogP contribution in [0.4, 0.5) is 0 Å². The number of rotatable bonds is 1. The maximum absolute atomic E-state index is 2.53. The molecule has 0 amide bonds. The molecular formula is C16H30S. The first-order valence-electron chi connectivity index (χ1n) is 7.89. The summed E-state index contributed by atoms with van der Waals surface area (Å²) in [6.45, 7) is 4.93. The molecule has 0 N–H and O–H groups in total. The molecule has 2 rings (SSSR count). The fourth-order valence-corrected chi connectivity index (χ4v) is 4.56. The van der Waals surface area contributed by atoms with Crippen molar-refractivity contribution in [3.63, 3.8) is 0 Å². The van der Waals surface area contributed by atoms with Crippen molar-refractivity contribution in [2.75, 3.05) is 0 Å². The van der Waals surface area contributed by atoms with E-state index in [1.165, 1.54) is 70.6 Å². The standard InChI is InChI=1S/C16H30S/c1-3-16(2)12-8-6-4-5-7-10-14-15(17-14)11-9-13-16/h14-15H,3-13H2,1-2H3. The number of fused-ring (bicyclic) bond motifs is 1. The Morgan fingerprint density at radius 1 is 0.882 bits per heavy atom. The third-order valence-corrected chi connectivity index (χ3v) is 6.59. The van der Waals surface area contributed by atoms with E-state index in [4.69, 9.17) is 0 Å². The van der Waals surface area contributed by atoms with Crippen molar-refractivity contribution in [3.05, 3.63) is 0 Å². The Kier molecular flexibility index (Phi) is 5.26. The van der Waals surface area contributed by atoms with Crippen molar-refractivity contribution in [3.8, 4) is 0 Å². The summed E-state index contributed by atoms with van der Waals surface area (Å²) in [5.41, 5.74) is 0.656. The van der Waals surface area contributed by atoms with Gasteiger partial charge in [-0.05, 0) is 31.1 Å². The van der Waals surface area contributed by atoms with Gasteiger partial charge < -0.3 is 0 Å². The average molecular weight is 254 g/mol. The van der Waals surface area contributed by atoms with E-state index in [1.807, 2.05) is 0 Å². The highest BCUT2D eigenvalue weighted by molar-refractivity contribution is 8.07. The smallest absolute Gasteiger partial charge is 0.0169 e. The van der Waals surface area contributed by atoms with Crippen LogP contribution in [0.25, 0.3) is 0 Å². The van der Waals surface area contributed by atoms with Crippen LogP contribution in [-0.2, 0) is 0 Å². The van der Waals surface area contributed by atoms with Crippen LogP contribution in [0.1, 0.15) is 84.5 Å². The Hall–Kier alpha value is 0.350. The predicted molar refractivity (Wildman–Crippen MR) is 79.7 cm³/mol. The minimum Gasteiger partial charge on any atom is -0.153 e. The van der Waals surface area contributed by atoms with Crippen molar-refractivity contribution >= 4 is 11.8 Å². The second-order valence-electron chi connectivity index (χ2n) is 6.58. The van der Waals surface area contributed by atoms with Gasteiger partial charge in [-0.1, -0.05) is 58.8 Å². The Morgan fingerprint density at radius 2 is 1.47 bits per heavy atom. The molecule has 1 aliphatic carbocycles. The zero-order valence-electron chi connectivity index (χ0n) is 11.8. The predicted octanol–water partition coefficient (Wildman–Crippen LogP) is 5.80. The van der Waals surface area contributed by atoms with Gasteiger partial charge in [-0.25, -0.2) is 0 Å². The van der Waals surface area contributed by atoms with E-state index in [1.54, 1.807) is 0 Å². The van der Waals surface area contributed by atoms with Gasteiger partial charge in [-0.15, -0.1) is 0 Å². The molecule has 0 radical (unpaired) electrons. The first kappa shape index (κ1) is 13.8. The Labute approximate surface area is 112 Å². The van der Waals surface area contributed by atoms with Crippen LogP contribution in [0.2, 0.25) is 0 Å². The van der Waals surface area contributed by atoms with E-state index >= 15 is 0 Å². The highest BCUT2D eigenvalue weighted by Crippen LogP contribution is 2.48. The molecule has 2 aliphatic rings. The quantitative estimate of drug-likeness (QED) is 0.533. The summed E-state index contributed by atoms with van der Waals surface area (Å²) >= 11 is 2.27. The lowest BCUT2D eigenvalue weighted by Crippen LogP contribution is -2.15. The molecule has 1 heteroatoms. The Bertz CT molecular complexity index is 226. The van der Waals surface area contributed by atoms with Crippen molar-refractivity contribution < 1.29 is 0 Å². The van der Waals surface area contributed by atoms with E-state index in [0.29, 0.717) is 5.41 Å². The second-order valence-corrected chi connectivity index (χ2v) is 8.06. The summed E-state index contributed by atoms with van der Waals surface area (Å²) in [6.07, 6.45) is 16.3. The maximum atomic E-state index is 2.53. The fraction of sp³-hybridized carbons (Fsp3) is 1.00. The molecule has 3 atom stereocenters. The van der Waals surface area contributed by atoms with Crippen LogP contribution >= 0.6 is 11.8 Å². The third-order valence-electron chi connectivity index (χ3n) is 5.08. The topological polar surface area (TPSA) is 0 Å². The van der Waals surface area contributed by atoms with Gasteiger partial charge in [0.2, 0.25) is 0 Å². The molecule has 17 heavy (non-hydrogen) atoms. The summed E-state index contributed by atoms with van der Waals surface area (Å²) in [5, 5.41) is 2.11. The number of hydrogen-bond acceptors (Lipinski definition) is 1. The molecule has 0 nitrogen and oxygen atoms in total. The van der Waals surface area contributed by atoms with Gasteiger partial charge in [0.05, 0.1) is 0 Å². The van der Waals surface area contributed by atoms with Gasteiger partial charge >= 0.3 is 0 Å². The third kappa shape index (κ3) is 4.50. The number of thioether (sulfide) groups is 1. The fourth-order valence-electron chi connectivity index (χ4n) is 3.32. The van der Waals surface area contributed by atoms with Crippen LogP contribution in [0.5, 0.6) is 0 Å². The lowest BCUT2D eigenvalue weighted by Gasteiger charge is -2.28. The van der Waals surface area contributed by atoms with E-state index in [9.17, 15) is 0 Å². The highest BCUT2D eigenvalue weighted by Gasteiger charge is 2.37. The van der Waals surface area contributed by atoms with E-state index < -0.39 is 0 Å². The van der Waals surface area contributed by atoms with Crippen LogP contribution < -0.4 is 0 Å². The van der Waals surface area contributed by atoms with Crippen LogP contribution in [0, 0.1) is 5.41 Å². The largest absolute Gasteiger partial charge is 0.153 e. The van der Waals surface area contributed by atoms with Crippen molar-refractivity contribution in [1.82, 2.24) is 0 Å². The zero-order valence-corrected chi connectivity index (χ0v) is 12.7. The second kappa shape index (κ2) is 6.50. The van der Waals surface area contributed by atoms with Crippen LogP contribution in [0.3, 0.4) is 0 Å². The first-order chi connectivity index (χ1) is 8.23. The van der Waals surface area contributed by atoms with Gasteiger partial charge in [-0.3, -0.25) is 0 Å². The highest BCUT2D eigenvalue weighted by atomic mass is 32.2. The van der Waals surface area contributed by atoms with Crippen LogP contribution in [0.15, 0.2) is 0 Å². The summed E-state index contributed by atoms with van der Waals surface area (Å²) < 4.78 is 0. The van der Waals surface area contributed by atoms with Gasteiger partial charge in [0.1, 0.15) is 0 Å². The molecule has 3 unspecified atom stereocenters. The molecule has 0 aromatic carbocycles. The average Bonchev–Trinajstić information content (AvgIpc) is 3.06. The van der Waals surface area contributed by atoms with Gasteiger partial charge in [0.25, 0.3) is 0 Å². The van der Waals surface area contributed by atoms with Crippen molar-refractivity contribution in [2.24, 2.45) is 5.41 Å². The monoisotopic (exact) mass is 254 g/mol. The zero-order chi connectivity index (χ0) is 12.1. The van der Waals surface area contributed by atoms with Gasteiger partial charge in [0.15, 0.2) is 0 Å².